The number of amides is 1. The fourth-order valence-corrected chi connectivity index (χ4v) is 1.15. The van der Waals surface area contributed by atoms with Gasteiger partial charge in [-0.1, -0.05) is 0 Å². The minimum absolute atomic E-state index is 0.179. The van der Waals surface area contributed by atoms with Gasteiger partial charge < -0.3 is 16.0 Å². The molecule has 0 aliphatic rings. The quantitative estimate of drug-likeness (QED) is 0.661. The molecule has 0 unspecified atom stereocenters. The zero-order chi connectivity index (χ0) is 12.1. The molecule has 0 bridgehead atoms. The number of H-pyrrole nitrogens is 1. The van der Waals surface area contributed by atoms with Gasteiger partial charge in [0.2, 0.25) is 0 Å². The molecular weight excluding hydrogens is 206 g/mol. The molecule has 1 heterocycles. The van der Waals surface area contributed by atoms with Gasteiger partial charge in [-0.3, -0.25) is 9.89 Å². The van der Waals surface area contributed by atoms with E-state index in [1.807, 2.05) is 7.05 Å². The molecule has 6 nitrogen and oxygen atoms in total. The Morgan fingerprint density at radius 2 is 2.38 bits per heavy atom. The Hall–Kier alpha value is -1.56. The summed E-state index contributed by atoms with van der Waals surface area (Å²) in [5.74, 6) is 0.144. The summed E-state index contributed by atoms with van der Waals surface area (Å²) in [7, 11) is 2.02. The second kappa shape index (κ2) is 5.50. The highest BCUT2D eigenvalue weighted by Gasteiger charge is 2.08. The lowest BCUT2D eigenvalue weighted by atomic mass is 10.3. The third kappa shape index (κ3) is 3.54. The molecule has 0 fully saturated rings. The highest BCUT2D eigenvalue weighted by Crippen LogP contribution is 1.99. The van der Waals surface area contributed by atoms with Crippen LogP contribution in [0.2, 0.25) is 0 Å². The van der Waals surface area contributed by atoms with E-state index >= 15 is 0 Å². The van der Waals surface area contributed by atoms with E-state index in [-0.39, 0.29) is 5.91 Å². The van der Waals surface area contributed by atoms with E-state index in [4.69, 9.17) is 5.73 Å². The lowest BCUT2D eigenvalue weighted by molar-refractivity contribution is 0.0943. The van der Waals surface area contributed by atoms with E-state index in [0.29, 0.717) is 24.1 Å². The molecule has 0 saturated carbocycles. The van der Waals surface area contributed by atoms with Gasteiger partial charge in [-0.25, -0.2) is 0 Å². The van der Waals surface area contributed by atoms with Gasteiger partial charge in [0.15, 0.2) is 0 Å². The molecule has 1 aromatic rings. The molecule has 0 atom stereocenters. The summed E-state index contributed by atoms with van der Waals surface area (Å²) in [5.41, 5.74) is 5.80. The van der Waals surface area contributed by atoms with Gasteiger partial charge in [-0.15, -0.1) is 0 Å². The maximum Gasteiger partial charge on any atom is 0.269 e. The van der Waals surface area contributed by atoms with E-state index < -0.39 is 0 Å². The van der Waals surface area contributed by atoms with Crippen molar-refractivity contribution in [3.63, 3.8) is 0 Å². The van der Waals surface area contributed by atoms with Crippen LogP contribution in [0.1, 0.15) is 24.3 Å². The number of nitrogen functional groups attached to an aromatic ring is 1. The van der Waals surface area contributed by atoms with Crippen LogP contribution in [-0.4, -0.2) is 47.2 Å². The third-order valence-electron chi connectivity index (χ3n) is 2.47. The molecule has 0 aliphatic carbocycles. The summed E-state index contributed by atoms with van der Waals surface area (Å²) in [5, 5.41) is 9.05. The maximum atomic E-state index is 11.6. The van der Waals surface area contributed by atoms with Gasteiger partial charge in [0.1, 0.15) is 11.5 Å². The SMILES string of the molecule is CC(C)N(C)CCNC(=O)c1cc(N)n[nH]1. The van der Waals surface area contributed by atoms with Crippen molar-refractivity contribution in [3.8, 4) is 0 Å². The van der Waals surface area contributed by atoms with E-state index in [1.54, 1.807) is 0 Å². The Balaban J connectivity index is 2.31. The third-order valence-corrected chi connectivity index (χ3v) is 2.47. The first-order chi connectivity index (χ1) is 7.50. The van der Waals surface area contributed by atoms with Crippen molar-refractivity contribution in [1.82, 2.24) is 20.4 Å². The molecule has 16 heavy (non-hydrogen) atoms. The van der Waals surface area contributed by atoms with Gasteiger partial charge in [0, 0.05) is 25.2 Å². The summed E-state index contributed by atoms with van der Waals surface area (Å²) in [6.45, 7) is 5.63. The number of nitrogens with zero attached hydrogens (tertiary/aromatic N) is 2. The van der Waals surface area contributed by atoms with E-state index in [2.05, 4.69) is 34.3 Å². The van der Waals surface area contributed by atoms with Crippen molar-refractivity contribution in [3.05, 3.63) is 11.8 Å². The van der Waals surface area contributed by atoms with Crippen LogP contribution < -0.4 is 11.1 Å². The molecule has 4 N–H and O–H groups in total. The van der Waals surface area contributed by atoms with Gasteiger partial charge in [0.05, 0.1) is 0 Å². The average molecular weight is 225 g/mol. The normalized spacial score (nSPS) is 11.1. The number of carbonyl (C=O) groups is 1. The van der Waals surface area contributed by atoms with Gasteiger partial charge in [-0.05, 0) is 20.9 Å². The molecule has 1 amide bonds. The number of rotatable bonds is 5. The summed E-state index contributed by atoms with van der Waals surface area (Å²) >= 11 is 0. The topological polar surface area (TPSA) is 87.0 Å². The first-order valence-electron chi connectivity index (χ1n) is 5.30. The lowest BCUT2D eigenvalue weighted by Gasteiger charge is -2.20. The molecule has 0 aliphatic heterocycles. The van der Waals surface area contributed by atoms with Crippen LogP contribution in [-0.2, 0) is 0 Å². The van der Waals surface area contributed by atoms with Crippen molar-refractivity contribution in [2.75, 3.05) is 25.9 Å². The Kier molecular flexibility index (Phi) is 4.30. The first-order valence-corrected chi connectivity index (χ1v) is 5.30. The minimum atomic E-state index is -0.179. The first kappa shape index (κ1) is 12.5. The zero-order valence-electron chi connectivity index (χ0n) is 9.95. The number of nitrogens with two attached hydrogens (primary N) is 1. The molecule has 0 spiro atoms. The molecule has 90 valence electrons. The van der Waals surface area contributed by atoms with Gasteiger partial charge >= 0.3 is 0 Å². The number of hydrogen-bond donors (Lipinski definition) is 3. The van der Waals surface area contributed by atoms with Gasteiger partial charge in [0.25, 0.3) is 5.91 Å². The van der Waals surface area contributed by atoms with Crippen LogP contribution in [0.5, 0.6) is 0 Å². The van der Waals surface area contributed by atoms with Crippen LogP contribution in [0.3, 0.4) is 0 Å². The Morgan fingerprint density at radius 1 is 1.69 bits per heavy atom. The van der Waals surface area contributed by atoms with Crippen LogP contribution >= 0.6 is 0 Å². The molecule has 6 heteroatoms. The van der Waals surface area contributed by atoms with E-state index in [1.165, 1.54) is 6.07 Å². The van der Waals surface area contributed by atoms with Crippen molar-refractivity contribution in [2.24, 2.45) is 0 Å². The summed E-state index contributed by atoms with van der Waals surface area (Å²) < 4.78 is 0. The maximum absolute atomic E-state index is 11.6. The fraction of sp³-hybridized carbons (Fsp3) is 0.600. The molecule has 0 aromatic carbocycles. The highest BCUT2D eigenvalue weighted by atomic mass is 16.1. The average Bonchev–Trinajstić information content (AvgIpc) is 2.64. The zero-order valence-corrected chi connectivity index (χ0v) is 9.95. The molecule has 1 aromatic heterocycles. The fourth-order valence-electron chi connectivity index (χ4n) is 1.15. The number of hydrogen-bond acceptors (Lipinski definition) is 4. The molecule has 0 radical (unpaired) electrons. The van der Waals surface area contributed by atoms with Gasteiger partial charge in [-0.2, -0.15) is 5.10 Å². The number of carbonyl (C=O) groups excluding carboxylic acids is 1. The minimum Gasteiger partial charge on any atom is -0.382 e. The highest BCUT2D eigenvalue weighted by molar-refractivity contribution is 5.92. The second-order valence-electron chi connectivity index (χ2n) is 4.04. The smallest absolute Gasteiger partial charge is 0.269 e. The van der Waals surface area contributed by atoms with Crippen LogP contribution in [0.25, 0.3) is 0 Å². The standard InChI is InChI=1S/C10H19N5O/c1-7(2)15(3)5-4-12-10(16)8-6-9(11)14-13-8/h6-7H,4-5H2,1-3H3,(H,12,16)(H3,11,13,14). The summed E-state index contributed by atoms with van der Waals surface area (Å²) in [6.07, 6.45) is 0. The van der Waals surface area contributed by atoms with Crippen LogP contribution in [0.4, 0.5) is 5.82 Å². The number of nitrogens with one attached hydrogen (secondary N) is 2. The number of aromatic nitrogens is 2. The van der Waals surface area contributed by atoms with E-state index in [9.17, 15) is 4.79 Å². The number of anilines is 1. The van der Waals surface area contributed by atoms with Crippen LogP contribution in [0, 0.1) is 0 Å². The Morgan fingerprint density at radius 3 is 2.88 bits per heavy atom. The largest absolute Gasteiger partial charge is 0.382 e. The Labute approximate surface area is 95.2 Å². The molecule has 0 saturated heterocycles. The number of likely N-dealkylation sites (N-methyl/N-ethyl adjacent to an activating group) is 1. The Bertz CT molecular complexity index is 347. The summed E-state index contributed by atoms with van der Waals surface area (Å²) in [4.78, 5) is 13.7. The van der Waals surface area contributed by atoms with Crippen molar-refractivity contribution >= 4 is 11.7 Å². The number of aromatic amines is 1. The molecule has 1 rings (SSSR count). The van der Waals surface area contributed by atoms with Crippen molar-refractivity contribution < 1.29 is 4.79 Å². The molecular formula is C10H19N5O. The lowest BCUT2D eigenvalue weighted by Crippen LogP contribution is -2.36. The second-order valence-corrected chi connectivity index (χ2v) is 4.04. The predicted molar refractivity (Wildman–Crippen MR) is 63.1 cm³/mol. The van der Waals surface area contributed by atoms with Crippen molar-refractivity contribution in [1.29, 1.82) is 0 Å². The van der Waals surface area contributed by atoms with Crippen LogP contribution in [0.15, 0.2) is 6.07 Å². The van der Waals surface area contributed by atoms with E-state index in [0.717, 1.165) is 6.54 Å². The summed E-state index contributed by atoms with van der Waals surface area (Å²) in [6, 6.07) is 1.99. The monoisotopic (exact) mass is 225 g/mol. The predicted octanol–water partition coefficient (Wildman–Crippen LogP) is 0.0619. The van der Waals surface area contributed by atoms with Crippen molar-refractivity contribution in [2.45, 2.75) is 19.9 Å².